The van der Waals surface area contributed by atoms with Gasteiger partial charge in [-0.3, -0.25) is 9.78 Å². The predicted octanol–water partition coefficient (Wildman–Crippen LogP) is 4.56. The standard InChI is InChI=1S/C20H24ClN3O3/c1-26-18-10-17(19(27-2)9-16(18)21)23-15-8-13(11-22-12-15)20(25)24-14-6-4-3-5-7-14/h8-12,14,23H,3-7H2,1-2H3,(H,24,25). The Kier molecular flexibility index (Phi) is 6.40. The number of hydrogen-bond acceptors (Lipinski definition) is 5. The molecule has 0 bridgehead atoms. The number of hydrogen-bond donors (Lipinski definition) is 2. The maximum Gasteiger partial charge on any atom is 0.253 e. The maximum atomic E-state index is 12.5. The molecule has 1 saturated carbocycles. The van der Waals surface area contributed by atoms with Crippen molar-refractivity contribution in [1.29, 1.82) is 0 Å². The Bertz CT molecular complexity index is 807. The molecule has 0 atom stereocenters. The first-order valence-corrected chi connectivity index (χ1v) is 9.43. The zero-order valence-electron chi connectivity index (χ0n) is 15.5. The average Bonchev–Trinajstić information content (AvgIpc) is 2.70. The van der Waals surface area contributed by atoms with Crippen molar-refractivity contribution < 1.29 is 14.3 Å². The topological polar surface area (TPSA) is 72.5 Å². The Balaban J connectivity index is 1.76. The molecule has 1 fully saturated rings. The van der Waals surface area contributed by atoms with E-state index in [9.17, 15) is 4.79 Å². The summed E-state index contributed by atoms with van der Waals surface area (Å²) in [5.74, 6) is 0.996. The first kappa shape index (κ1) is 19.3. The molecule has 0 saturated heterocycles. The van der Waals surface area contributed by atoms with Crippen molar-refractivity contribution in [2.45, 2.75) is 38.1 Å². The van der Waals surface area contributed by atoms with Gasteiger partial charge in [-0.15, -0.1) is 0 Å². The summed E-state index contributed by atoms with van der Waals surface area (Å²) in [5.41, 5.74) is 1.87. The molecule has 2 N–H and O–H groups in total. The lowest BCUT2D eigenvalue weighted by atomic mass is 9.95. The van der Waals surface area contributed by atoms with Crippen LogP contribution in [0.3, 0.4) is 0 Å². The normalized spacial score (nSPS) is 14.5. The minimum atomic E-state index is -0.0984. The number of amides is 1. The lowest BCUT2D eigenvalue weighted by Gasteiger charge is -2.22. The number of benzene rings is 1. The lowest BCUT2D eigenvalue weighted by Crippen LogP contribution is -2.36. The molecule has 0 spiro atoms. The highest BCUT2D eigenvalue weighted by Crippen LogP contribution is 2.37. The van der Waals surface area contributed by atoms with Gasteiger partial charge in [-0.05, 0) is 18.9 Å². The van der Waals surface area contributed by atoms with Crippen molar-refractivity contribution in [2.24, 2.45) is 0 Å². The van der Waals surface area contributed by atoms with Crippen LogP contribution in [0.25, 0.3) is 0 Å². The molecule has 1 aliphatic carbocycles. The average molecular weight is 390 g/mol. The number of rotatable bonds is 6. The van der Waals surface area contributed by atoms with Crippen LogP contribution in [0, 0.1) is 0 Å². The quantitative estimate of drug-likeness (QED) is 0.757. The summed E-state index contributed by atoms with van der Waals surface area (Å²) >= 11 is 6.14. The van der Waals surface area contributed by atoms with Gasteiger partial charge >= 0.3 is 0 Å². The molecule has 1 aliphatic rings. The van der Waals surface area contributed by atoms with E-state index in [1.54, 1.807) is 44.8 Å². The second-order valence-corrected chi connectivity index (χ2v) is 6.99. The van der Waals surface area contributed by atoms with Gasteiger partial charge in [0.15, 0.2) is 0 Å². The molecule has 6 nitrogen and oxygen atoms in total. The van der Waals surface area contributed by atoms with Crippen molar-refractivity contribution in [1.82, 2.24) is 10.3 Å². The Morgan fingerprint density at radius 1 is 1.07 bits per heavy atom. The first-order chi connectivity index (χ1) is 13.1. The molecule has 0 aliphatic heterocycles. The molecule has 0 radical (unpaired) electrons. The fourth-order valence-corrected chi connectivity index (χ4v) is 3.49. The number of carbonyl (C=O) groups is 1. The molecule has 0 unspecified atom stereocenters. The first-order valence-electron chi connectivity index (χ1n) is 9.05. The van der Waals surface area contributed by atoms with E-state index in [0.717, 1.165) is 12.8 Å². The fourth-order valence-electron chi connectivity index (χ4n) is 3.26. The van der Waals surface area contributed by atoms with Crippen LogP contribution in [0.2, 0.25) is 5.02 Å². The highest BCUT2D eigenvalue weighted by molar-refractivity contribution is 6.32. The predicted molar refractivity (Wildman–Crippen MR) is 106 cm³/mol. The van der Waals surface area contributed by atoms with E-state index in [-0.39, 0.29) is 11.9 Å². The van der Waals surface area contributed by atoms with Crippen LogP contribution in [0.5, 0.6) is 11.5 Å². The number of methoxy groups -OCH3 is 2. The summed E-state index contributed by atoms with van der Waals surface area (Å²) in [5, 5.41) is 6.78. The molecule has 1 heterocycles. The second-order valence-electron chi connectivity index (χ2n) is 6.58. The van der Waals surface area contributed by atoms with Gasteiger partial charge in [-0.2, -0.15) is 0 Å². The van der Waals surface area contributed by atoms with Gasteiger partial charge in [0.05, 0.1) is 42.4 Å². The minimum Gasteiger partial charge on any atom is -0.495 e. The van der Waals surface area contributed by atoms with Gasteiger partial charge < -0.3 is 20.1 Å². The van der Waals surface area contributed by atoms with E-state index in [0.29, 0.717) is 33.5 Å². The summed E-state index contributed by atoms with van der Waals surface area (Å²) in [6.45, 7) is 0. The van der Waals surface area contributed by atoms with Crippen LogP contribution in [-0.2, 0) is 0 Å². The molecule has 27 heavy (non-hydrogen) atoms. The van der Waals surface area contributed by atoms with Crippen LogP contribution >= 0.6 is 11.6 Å². The largest absolute Gasteiger partial charge is 0.495 e. The van der Waals surface area contributed by atoms with Crippen molar-refractivity contribution >= 4 is 28.9 Å². The van der Waals surface area contributed by atoms with Crippen molar-refractivity contribution in [3.8, 4) is 11.5 Å². The lowest BCUT2D eigenvalue weighted by molar-refractivity contribution is 0.0927. The summed E-state index contributed by atoms with van der Waals surface area (Å²) in [6.07, 6.45) is 8.89. The van der Waals surface area contributed by atoms with Crippen LogP contribution in [0.15, 0.2) is 30.6 Å². The number of nitrogens with zero attached hydrogens (tertiary/aromatic N) is 1. The number of aromatic nitrogens is 1. The molecule has 1 aromatic heterocycles. The van der Waals surface area contributed by atoms with Gasteiger partial charge in [-0.25, -0.2) is 0 Å². The van der Waals surface area contributed by atoms with Crippen LogP contribution in [0.1, 0.15) is 42.5 Å². The molecular formula is C20H24ClN3O3. The maximum absolute atomic E-state index is 12.5. The summed E-state index contributed by atoms with van der Waals surface area (Å²) in [6, 6.07) is 5.45. The smallest absolute Gasteiger partial charge is 0.253 e. The molecular weight excluding hydrogens is 366 g/mol. The monoisotopic (exact) mass is 389 g/mol. The molecule has 7 heteroatoms. The third-order valence-corrected chi connectivity index (χ3v) is 4.99. The Morgan fingerprint density at radius 3 is 2.52 bits per heavy atom. The third kappa shape index (κ3) is 4.83. The number of halogens is 1. The number of ether oxygens (including phenoxy) is 2. The van der Waals surface area contributed by atoms with Gasteiger partial charge in [0.1, 0.15) is 11.5 Å². The van der Waals surface area contributed by atoms with Gasteiger partial charge in [0.2, 0.25) is 0 Å². The number of nitrogens with one attached hydrogen (secondary N) is 2. The van der Waals surface area contributed by atoms with Crippen LogP contribution in [-0.4, -0.2) is 31.2 Å². The molecule has 1 aromatic carbocycles. The second kappa shape index (κ2) is 8.95. The highest BCUT2D eigenvalue weighted by atomic mass is 35.5. The summed E-state index contributed by atoms with van der Waals surface area (Å²) in [7, 11) is 3.12. The number of carbonyl (C=O) groups excluding carboxylic acids is 1. The minimum absolute atomic E-state index is 0.0984. The molecule has 1 amide bonds. The Labute approximate surface area is 164 Å². The summed E-state index contributed by atoms with van der Waals surface area (Å²) < 4.78 is 10.6. The van der Waals surface area contributed by atoms with E-state index in [2.05, 4.69) is 15.6 Å². The number of anilines is 2. The van der Waals surface area contributed by atoms with Gasteiger partial charge in [0.25, 0.3) is 5.91 Å². The molecule has 3 rings (SSSR count). The van der Waals surface area contributed by atoms with Crippen molar-refractivity contribution in [2.75, 3.05) is 19.5 Å². The Morgan fingerprint density at radius 2 is 1.81 bits per heavy atom. The fraction of sp³-hybridized carbons (Fsp3) is 0.400. The molecule has 2 aromatic rings. The zero-order valence-corrected chi connectivity index (χ0v) is 16.3. The number of pyridine rings is 1. The van der Waals surface area contributed by atoms with Crippen LogP contribution in [0.4, 0.5) is 11.4 Å². The van der Waals surface area contributed by atoms with Gasteiger partial charge in [0, 0.05) is 24.4 Å². The Hall–Kier alpha value is -2.47. The third-order valence-electron chi connectivity index (χ3n) is 4.69. The van der Waals surface area contributed by atoms with Gasteiger partial charge in [-0.1, -0.05) is 30.9 Å². The van der Waals surface area contributed by atoms with E-state index >= 15 is 0 Å². The van der Waals surface area contributed by atoms with E-state index in [1.165, 1.54) is 19.3 Å². The van der Waals surface area contributed by atoms with Crippen molar-refractivity contribution in [3.05, 3.63) is 41.2 Å². The molecule has 144 valence electrons. The van der Waals surface area contributed by atoms with Crippen molar-refractivity contribution in [3.63, 3.8) is 0 Å². The SMILES string of the molecule is COc1cc(Nc2cncc(C(=O)NC3CCCCC3)c2)c(OC)cc1Cl. The summed E-state index contributed by atoms with van der Waals surface area (Å²) in [4.78, 5) is 16.7. The van der Waals surface area contributed by atoms with Crippen LogP contribution < -0.4 is 20.1 Å². The van der Waals surface area contributed by atoms with E-state index in [4.69, 9.17) is 21.1 Å². The van der Waals surface area contributed by atoms with E-state index < -0.39 is 0 Å². The highest BCUT2D eigenvalue weighted by Gasteiger charge is 2.17. The van der Waals surface area contributed by atoms with E-state index in [1.807, 2.05) is 0 Å². The zero-order chi connectivity index (χ0) is 19.2.